The fourth-order valence-electron chi connectivity index (χ4n) is 17.1. The zero-order valence-corrected chi connectivity index (χ0v) is 57.6. The number of hydrogen-bond donors (Lipinski definition) is 0. The molecule has 9 aromatic carbocycles. The minimum atomic E-state index is -0.143. The summed E-state index contributed by atoms with van der Waals surface area (Å²) >= 11 is 0. The zero-order valence-electron chi connectivity index (χ0n) is 57.6. The topological polar surface area (TPSA) is 9.72 Å². The predicted octanol–water partition coefficient (Wildman–Crippen LogP) is 22.0. The largest absolute Gasteiger partial charge is 0.311 e. The molecule has 3 unspecified atom stereocenters. The highest BCUT2D eigenvalue weighted by Gasteiger charge is 2.62. The van der Waals surface area contributed by atoms with Crippen molar-refractivity contribution in [3.05, 3.63) is 238 Å². The van der Waals surface area contributed by atoms with Crippen LogP contribution in [0.4, 0.5) is 51.2 Å². The lowest BCUT2D eigenvalue weighted by molar-refractivity contribution is 0.0926. The maximum Gasteiger partial charge on any atom is 0.247 e. The molecule has 0 bridgehead atoms. The van der Waals surface area contributed by atoms with Crippen LogP contribution in [0.5, 0.6) is 0 Å². The van der Waals surface area contributed by atoms with Gasteiger partial charge in [-0.05, 0) is 213 Å². The highest BCUT2D eigenvalue weighted by Crippen LogP contribution is 2.68. The van der Waals surface area contributed by atoms with Gasteiger partial charge in [-0.25, -0.2) is 0 Å². The van der Waals surface area contributed by atoms with Gasteiger partial charge in [0.05, 0.1) is 0 Å². The second-order valence-corrected chi connectivity index (χ2v) is 33.9. The summed E-state index contributed by atoms with van der Waals surface area (Å²) < 4.78 is 0. The van der Waals surface area contributed by atoms with Gasteiger partial charge >= 0.3 is 0 Å². The molecule has 3 aliphatic carbocycles. The van der Waals surface area contributed by atoms with Crippen molar-refractivity contribution in [1.82, 2.24) is 0 Å². The monoisotopic (exact) mass is 1180 g/mol. The fourth-order valence-corrected chi connectivity index (χ4v) is 17.1. The quantitative estimate of drug-likeness (QED) is 0.147. The van der Waals surface area contributed by atoms with Crippen LogP contribution in [0.3, 0.4) is 0 Å². The third-order valence-electron chi connectivity index (χ3n) is 22.7. The van der Waals surface area contributed by atoms with Crippen molar-refractivity contribution >= 4 is 74.3 Å². The Kier molecular flexibility index (Phi) is 13.5. The number of nitrogens with zero attached hydrogens (tertiary/aromatic N) is 3. The maximum atomic E-state index is 2.73. The molecular formula is C86H96BN3. The Morgan fingerprint density at radius 2 is 0.844 bits per heavy atom. The molecule has 0 aromatic heterocycles. The van der Waals surface area contributed by atoms with E-state index in [0.717, 1.165) is 28.4 Å². The minimum absolute atomic E-state index is 0.00487. The van der Waals surface area contributed by atoms with Gasteiger partial charge in [-0.15, -0.1) is 0 Å². The van der Waals surface area contributed by atoms with Crippen molar-refractivity contribution in [2.24, 2.45) is 5.41 Å². The van der Waals surface area contributed by atoms with Gasteiger partial charge in [0, 0.05) is 62.5 Å². The molecular weight excluding hydrogens is 1090 g/mol. The molecule has 4 heteroatoms. The Bertz CT molecular complexity index is 4200. The Balaban J connectivity index is 1.11. The van der Waals surface area contributed by atoms with Crippen LogP contribution in [-0.4, -0.2) is 6.71 Å². The van der Waals surface area contributed by atoms with Gasteiger partial charge < -0.3 is 14.7 Å². The summed E-state index contributed by atoms with van der Waals surface area (Å²) in [6, 6.07) is 72.8. The molecule has 0 saturated heterocycles. The first-order valence-corrected chi connectivity index (χ1v) is 33.8. The average Bonchev–Trinajstić information content (AvgIpc) is 1.44. The molecule has 90 heavy (non-hydrogen) atoms. The third kappa shape index (κ3) is 9.32. The van der Waals surface area contributed by atoms with Crippen molar-refractivity contribution in [1.29, 1.82) is 0 Å². The molecule has 2 heterocycles. The van der Waals surface area contributed by atoms with Gasteiger partial charge in [-0.3, -0.25) is 0 Å². The van der Waals surface area contributed by atoms with Gasteiger partial charge in [-0.2, -0.15) is 0 Å². The summed E-state index contributed by atoms with van der Waals surface area (Å²) in [5.74, 6) is 0.193. The Morgan fingerprint density at radius 3 is 1.36 bits per heavy atom. The molecule has 0 N–H and O–H groups in total. The second-order valence-electron chi connectivity index (χ2n) is 33.9. The van der Waals surface area contributed by atoms with Crippen molar-refractivity contribution in [3.63, 3.8) is 0 Å². The Hall–Kier alpha value is -7.56. The SMILES string of the molecule is CC(C)(C)c1ccc(N(c2ccc(C(C)(C)C)cc2)c2ccc3c(c2)N(c2ccc4c(c2)-c2ccccc2C4(C)C)c2cc(N(c4ccc(C(C)(C)C)cc4)c4ccc(C(C)(C)C)cc4)cc4c2B3c2cc(C(C)(C)C)cc3c2C4C2(C)CCCCC32C)cc1. The molecule has 3 nitrogen and oxygen atoms in total. The first kappa shape index (κ1) is 60.0. The van der Waals surface area contributed by atoms with E-state index < -0.39 is 0 Å². The van der Waals surface area contributed by atoms with E-state index >= 15 is 0 Å². The molecule has 0 radical (unpaired) electrons. The summed E-state index contributed by atoms with van der Waals surface area (Å²) in [6.45, 7) is 45.4. The summed E-state index contributed by atoms with van der Waals surface area (Å²) in [5, 5.41) is 0. The number of rotatable bonds is 7. The molecule has 0 spiro atoms. The zero-order chi connectivity index (χ0) is 63.8. The van der Waals surface area contributed by atoms with Gasteiger partial charge in [0.2, 0.25) is 6.71 Å². The molecule has 2 aliphatic heterocycles. The molecule has 9 aromatic rings. The molecule has 0 amide bonds. The minimum Gasteiger partial charge on any atom is -0.311 e. The van der Waals surface area contributed by atoms with Gasteiger partial charge in [0.25, 0.3) is 0 Å². The van der Waals surface area contributed by atoms with E-state index in [1.807, 2.05) is 0 Å². The molecule has 458 valence electrons. The molecule has 1 fully saturated rings. The fraction of sp³-hybridized carbons (Fsp3) is 0.372. The number of hydrogen-bond acceptors (Lipinski definition) is 3. The highest BCUT2D eigenvalue weighted by atomic mass is 15.2. The third-order valence-corrected chi connectivity index (χ3v) is 22.7. The van der Waals surface area contributed by atoms with Crippen molar-refractivity contribution in [3.8, 4) is 11.1 Å². The maximum absolute atomic E-state index is 2.73. The van der Waals surface area contributed by atoms with E-state index in [4.69, 9.17) is 0 Å². The first-order chi connectivity index (χ1) is 42.3. The molecule has 14 rings (SSSR count). The van der Waals surface area contributed by atoms with Crippen LogP contribution in [-0.2, 0) is 37.9 Å². The summed E-state index contributed by atoms with van der Waals surface area (Å²) in [6.07, 6.45) is 4.88. The van der Waals surface area contributed by atoms with E-state index in [1.165, 1.54) is 120 Å². The van der Waals surface area contributed by atoms with Crippen molar-refractivity contribution in [2.75, 3.05) is 14.7 Å². The molecule has 5 aliphatic rings. The predicted molar refractivity (Wildman–Crippen MR) is 388 cm³/mol. The number of anilines is 9. The molecule has 3 atom stereocenters. The Morgan fingerprint density at radius 1 is 0.389 bits per heavy atom. The average molecular weight is 1180 g/mol. The lowest BCUT2D eigenvalue weighted by atomic mass is 9.30. The highest BCUT2D eigenvalue weighted by molar-refractivity contribution is 6.99. The van der Waals surface area contributed by atoms with E-state index in [-0.39, 0.29) is 56.0 Å². The van der Waals surface area contributed by atoms with E-state index in [9.17, 15) is 0 Å². The van der Waals surface area contributed by atoms with Crippen molar-refractivity contribution in [2.45, 2.75) is 201 Å². The summed E-state index contributed by atoms with van der Waals surface area (Å²) in [5.41, 5.74) is 31.6. The smallest absolute Gasteiger partial charge is 0.247 e. The van der Waals surface area contributed by atoms with Crippen LogP contribution in [0.2, 0.25) is 0 Å². The van der Waals surface area contributed by atoms with Crippen LogP contribution < -0.4 is 31.1 Å². The van der Waals surface area contributed by atoms with E-state index in [0.29, 0.717) is 0 Å². The van der Waals surface area contributed by atoms with E-state index in [2.05, 4.69) is 328 Å². The van der Waals surface area contributed by atoms with Crippen LogP contribution in [0.15, 0.2) is 182 Å². The van der Waals surface area contributed by atoms with Crippen LogP contribution in [0, 0.1) is 5.41 Å². The second kappa shape index (κ2) is 20.2. The number of benzene rings is 9. The summed E-state index contributed by atoms with van der Waals surface area (Å²) in [7, 11) is 0. The lowest BCUT2D eigenvalue weighted by Crippen LogP contribution is -2.62. The standard InChI is InChI=1S/C86H96BN3/c1-79(2,3)54-26-34-59(35-27-54)88(60-36-28-55(29-37-60)80(4,5)6)64-43-45-72-74(52-64)90(63-42-44-70-67(50-63)66-24-20-21-25-69(66)84(70,16)17)75-53-65(89(61-38-30-56(31-39-61)81(7,8)9)62-40-32-57(33-41-62)82(10,11)12)51-68-77-76-71(85(18)46-22-23-47-86(77,85)19)48-58(83(13,14)15)49-73(76)87(72)78(68)75/h20-21,24-45,48-53,77H,22-23,46-47H2,1-19H3. The normalized spacial score (nSPS) is 19.6. The van der Waals surface area contributed by atoms with Crippen LogP contribution >= 0.6 is 0 Å². The van der Waals surface area contributed by atoms with Gasteiger partial charge in [0.1, 0.15) is 0 Å². The first-order valence-electron chi connectivity index (χ1n) is 33.8. The lowest BCUT2D eigenvalue weighted by Gasteiger charge is -2.51. The Labute approximate surface area is 541 Å². The van der Waals surface area contributed by atoms with Crippen molar-refractivity contribution < 1.29 is 0 Å². The van der Waals surface area contributed by atoms with Gasteiger partial charge in [-0.1, -0.05) is 247 Å². The van der Waals surface area contributed by atoms with Crippen LogP contribution in [0.25, 0.3) is 11.1 Å². The van der Waals surface area contributed by atoms with Crippen LogP contribution in [0.1, 0.15) is 219 Å². The van der Waals surface area contributed by atoms with E-state index in [1.54, 1.807) is 11.1 Å². The number of fused-ring (bicyclic) bond motifs is 10. The molecule has 1 saturated carbocycles. The van der Waals surface area contributed by atoms with Gasteiger partial charge in [0.15, 0.2) is 0 Å². The summed E-state index contributed by atoms with van der Waals surface area (Å²) in [4.78, 5) is 7.84.